The van der Waals surface area contributed by atoms with Gasteiger partial charge < -0.3 is 4.79 Å². The van der Waals surface area contributed by atoms with Gasteiger partial charge in [-0.05, 0) is 39.7 Å². The van der Waals surface area contributed by atoms with Crippen molar-refractivity contribution in [3.05, 3.63) is 17.0 Å². The SMILES string of the molecule is CCn1nc(C)c(CCC(C)=O)c1C. The fourth-order valence-electron chi connectivity index (χ4n) is 1.70. The number of aromatic nitrogens is 2. The number of hydrogen-bond donors (Lipinski definition) is 0. The molecule has 0 spiro atoms. The highest BCUT2D eigenvalue weighted by molar-refractivity contribution is 5.75. The molecule has 0 N–H and O–H groups in total. The van der Waals surface area contributed by atoms with Crippen LogP contribution in [-0.4, -0.2) is 15.6 Å². The number of aryl methyl sites for hydroxylation is 2. The van der Waals surface area contributed by atoms with E-state index in [1.54, 1.807) is 6.92 Å². The van der Waals surface area contributed by atoms with Crippen LogP contribution in [0.2, 0.25) is 0 Å². The molecule has 1 rings (SSSR count). The quantitative estimate of drug-likeness (QED) is 0.735. The Morgan fingerprint density at radius 3 is 2.50 bits per heavy atom. The molecule has 0 aliphatic heterocycles. The Morgan fingerprint density at radius 1 is 1.43 bits per heavy atom. The first-order valence-electron chi connectivity index (χ1n) is 5.08. The van der Waals surface area contributed by atoms with Crippen molar-refractivity contribution in [3.63, 3.8) is 0 Å². The molecule has 1 heterocycles. The van der Waals surface area contributed by atoms with Crippen LogP contribution in [0.15, 0.2) is 0 Å². The van der Waals surface area contributed by atoms with Crippen LogP contribution in [-0.2, 0) is 17.8 Å². The van der Waals surface area contributed by atoms with Crippen molar-refractivity contribution in [2.24, 2.45) is 0 Å². The van der Waals surface area contributed by atoms with Gasteiger partial charge in [-0.2, -0.15) is 5.10 Å². The minimum Gasteiger partial charge on any atom is -0.300 e. The summed E-state index contributed by atoms with van der Waals surface area (Å²) in [6.45, 7) is 8.68. The third-order valence-corrected chi connectivity index (χ3v) is 2.56. The van der Waals surface area contributed by atoms with Crippen molar-refractivity contribution in [2.45, 2.75) is 47.1 Å². The Balaban J connectivity index is 2.85. The van der Waals surface area contributed by atoms with E-state index < -0.39 is 0 Å². The van der Waals surface area contributed by atoms with Crippen molar-refractivity contribution in [1.82, 2.24) is 9.78 Å². The lowest BCUT2D eigenvalue weighted by Gasteiger charge is -2.01. The van der Waals surface area contributed by atoms with Gasteiger partial charge in [-0.15, -0.1) is 0 Å². The van der Waals surface area contributed by atoms with E-state index >= 15 is 0 Å². The van der Waals surface area contributed by atoms with Crippen LogP contribution in [0.4, 0.5) is 0 Å². The molecule has 3 nitrogen and oxygen atoms in total. The zero-order chi connectivity index (χ0) is 10.7. The minimum absolute atomic E-state index is 0.244. The second kappa shape index (κ2) is 4.40. The highest BCUT2D eigenvalue weighted by Crippen LogP contribution is 2.14. The average Bonchev–Trinajstić information content (AvgIpc) is 2.39. The number of ketones is 1. The van der Waals surface area contributed by atoms with E-state index in [0.29, 0.717) is 6.42 Å². The molecule has 78 valence electrons. The second-order valence-electron chi connectivity index (χ2n) is 3.67. The lowest BCUT2D eigenvalue weighted by Crippen LogP contribution is -2.00. The van der Waals surface area contributed by atoms with Crippen molar-refractivity contribution in [3.8, 4) is 0 Å². The molecular weight excluding hydrogens is 176 g/mol. The Hall–Kier alpha value is -1.12. The van der Waals surface area contributed by atoms with E-state index in [4.69, 9.17) is 0 Å². The molecule has 0 unspecified atom stereocenters. The first kappa shape index (κ1) is 11.0. The molecular formula is C11H18N2O. The molecule has 0 aromatic carbocycles. The van der Waals surface area contributed by atoms with E-state index in [9.17, 15) is 4.79 Å². The van der Waals surface area contributed by atoms with Gasteiger partial charge >= 0.3 is 0 Å². The van der Waals surface area contributed by atoms with Gasteiger partial charge in [0.1, 0.15) is 5.78 Å². The number of Topliss-reactive ketones (excluding diaryl/α,β-unsaturated/α-hetero) is 1. The fourth-order valence-corrected chi connectivity index (χ4v) is 1.70. The molecule has 0 aliphatic carbocycles. The molecule has 0 aliphatic rings. The van der Waals surface area contributed by atoms with Gasteiger partial charge in [-0.25, -0.2) is 0 Å². The lowest BCUT2D eigenvalue weighted by atomic mass is 10.1. The number of rotatable bonds is 4. The van der Waals surface area contributed by atoms with Crippen LogP contribution in [0.3, 0.4) is 0 Å². The maximum atomic E-state index is 10.9. The second-order valence-corrected chi connectivity index (χ2v) is 3.67. The standard InChI is InChI=1S/C11H18N2O/c1-5-13-10(4)11(9(3)12-13)7-6-8(2)14/h5-7H2,1-4H3. The number of carbonyl (C=O) groups excluding carboxylic acids is 1. The number of nitrogens with zero attached hydrogens (tertiary/aromatic N) is 2. The van der Waals surface area contributed by atoms with Crippen molar-refractivity contribution >= 4 is 5.78 Å². The number of carbonyl (C=O) groups is 1. The molecule has 0 radical (unpaired) electrons. The van der Waals surface area contributed by atoms with Gasteiger partial charge in [-0.1, -0.05) is 0 Å². The lowest BCUT2D eigenvalue weighted by molar-refractivity contribution is -0.116. The minimum atomic E-state index is 0.244. The van der Waals surface area contributed by atoms with Gasteiger partial charge in [-0.3, -0.25) is 4.68 Å². The van der Waals surface area contributed by atoms with E-state index in [1.165, 1.54) is 11.3 Å². The first-order valence-corrected chi connectivity index (χ1v) is 5.08. The molecule has 1 aromatic rings. The summed E-state index contributed by atoms with van der Waals surface area (Å²) in [7, 11) is 0. The largest absolute Gasteiger partial charge is 0.300 e. The smallest absolute Gasteiger partial charge is 0.130 e. The summed E-state index contributed by atoms with van der Waals surface area (Å²) in [5.74, 6) is 0.244. The third kappa shape index (κ3) is 2.22. The molecule has 1 aromatic heterocycles. The van der Waals surface area contributed by atoms with Crippen LogP contribution in [0, 0.1) is 13.8 Å². The van der Waals surface area contributed by atoms with Gasteiger partial charge in [0, 0.05) is 18.7 Å². The predicted octanol–water partition coefficient (Wildman–Crippen LogP) is 2.04. The maximum Gasteiger partial charge on any atom is 0.130 e. The highest BCUT2D eigenvalue weighted by atomic mass is 16.1. The Morgan fingerprint density at radius 2 is 2.07 bits per heavy atom. The van der Waals surface area contributed by atoms with Crippen molar-refractivity contribution < 1.29 is 4.79 Å². The molecule has 0 amide bonds. The molecule has 14 heavy (non-hydrogen) atoms. The average molecular weight is 194 g/mol. The van der Waals surface area contributed by atoms with Crippen molar-refractivity contribution in [2.75, 3.05) is 0 Å². The Labute approximate surface area is 85.1 Å². The van der Waals surface area contributed by atoms with Crippen LogP contribution < -0.4 is 0 Å². The summed E-state index contributed by atoms with van der Waals surface area (Å²) < 4.78 is 1.99. The van der Waals surface area contributed by atoms with E-state index in [-0.39, 0.29) is 5.78 Å². The van der Waals surface area contributed by atoms with Gasteiger partial charge in [0.2, 0.25) is 0 Å². The van der Waals surface area contributed by atoms with Crippen LogP contribution in [0.1, 0.15) is 37.2 Å². The third-order valence-electron chi connectivity index (χ3n) is 2.56. The molecule has 0 saturated carbocycles. The molecule has 0 fully saturated rings. The van der Waals surface area contributed by atoms with Gasteiger partial charge in [0.15, 0.2) is 0 Å². The summed E-state index contributed by atoms with van der Waals surface area (Å²) in [6, 6.07) is 0. The van der Waals surface area contributed by atoms with Crippen LogP contribution >= 0.6 is 0 Å². The summed E-state index contributed by atoms with van der Waals surface area (Å²) in [4.78, 5) is 10.9. The van der Waals surface area contributed by atoms with Crippen LogP contribution in [0.5, 0.6) is 0 Å². The van der Waals surface area contributed by atoms with E-state index in [1.807, 2.05) is 11.6 Å². The predicted molar refractivity (Wildman–Crippen MR) is 56.4 cm³/mol. The zero-order valence-electron chi connectivity index (χ0n) is 9.42. The first-order chi connectivity index (χ1) is 6.56. The normalized spacial score (nSPS) is 10.6. The number of hydrogen-bond acceptors (Lipinski definition) is 2. The molecule has 0 bridgehead atoms. The van der Waals surface area contributed by atoms with E-state index in [0.717, 1.165) is 18.7 Å². The molecule has 0 atom stereocenters. The fraction of sp³-hybridized carbons (Fsp3) is 0.636. The summed E-state index contributed by atoms with van der Waals surface area (Å²) in [5, 5.41) is 4.41. The van der Waals surface area contributed by atoms with Gasteiger partial charge in [0.05, 0.1) is 5.69 Å². The summed E-state index contributed by atoms with van der Waals surface area (Å²) in [5.41, 5.74) is 3.50. The molecule has 3 heteroatoms. The highest BCUT2D eigenvalue weighted by Gasteiger charge is 2.10. The summed E-state index contributed by atoms with van der Waals surface area (Å²) >= 11 is 0. The topological polar surface area (TPSA) is 34.9 Å². The monoisotopic (exact) mass is 194 g/mol. The summed E-state index contributed by atoms with van der Waals surface area (Å²) in [6.07, 6.45) is 1.45. The zero-order valence-corrected chi connectivity index (χ0v) is 9.42. The van der Waals surface area contributed by atoms with Gasteiger partial charge in [0.25, 0.3) is 0 Å². The Kier molecular flexibility index (Phi) is 3.44. The Bertz CT molecular complexity index is 339. The van der Waals surface area contributed by atoms with Crippen molar-refractivity contribution in [1.29, 1.82) is 0 Å². The van der Waals surface area contributed by atoms with Crippen LogP contribution in [0.25, 0.3) is 0 Å². The van der Waals surface area contributed by atoms with E-state index in [2.05, 4.69) is 18.9 Å². The maximum absolute atomic E-state index is 10.9. The molecule has 0 saturated heterocycles.